The Bertz CT molecular complexity index is 552. The molecule has 0 atom stereocenters. The van der Waals surface area contributed by atoms with E-state index >= 15 is 0 Å². The predicted molar refractivity (Wildman–Crippen MR) is 61.5 cm³/mol. The zero-order valence-electron chi connectivity index (χ0n) is 9.10. The molecule has 17 heavy (non-hydrogen) atoms. The molecule has 0 aliphatic heterocycles. The average Bonchev–Trinajstić information content (AvgIpc) is 2.82. The van der Waals surface area contributed by atoms with Gasteiger partial charge in [-0.15, -0.1) is 0 Å². The van der Waals surface area contributed by atoms with Gasteiger partial charge in [-0.2, -0.15) is 5.10 Å². The maximum atomic E-state index is 13.1. The molecule has 0 fully saturated rings. The van der Waals surface area contributed by atoms with Crippen molar-refractivity contribution < 1.29 is 4.39 Å². The molecule has 0 aliphatic carbocycles. The smallest absolute Gasteiger partial charge is 0.137 e. The lowest BCUT2D eigenvalue weighted by atomic mass is 10.1. The first-order chi connectivity index (χ1) is 8.29. The second-order valence-corrected chi connectivity index (χ2v) is 3.40. The van der Waals surface area contributed by atoms with Crippen LogP contribution in [0.15, 0.2) is 30.9 Å². The van der Waals surface area contributed by atoms with E-state index in [-0.39, 0.29) is 12.4 Å². The first kappa shape index (κ1) is 11.3. The van der Waals surface area contributed by atoms with Crippen LogP contribution in [0.4, 0.5) is 4.39 Å². The third-order valence-corrected chi connectivity index (χ3v) is 2.20. The lowest BCUT2D eigenvalue weighted by Crippen LogP contribution is -2.03. The average molecular weight is 230 g/mol. The van der Waals surface area contributed by atoms with E-state index in [1.54, 1.807) is 17.1 Å². The monoisotopic (exact) mass is 230 g/mol. The van der Waals surface area contributed by atoms with Crippen molar-refractivity contribution in [1.29, 1.82) is 0 Å². The Hall–Kier alpha value is -2.19. The molecule has 0 bridgehead atoms. The Morgan fingerprint density at radius 3 is 3.00 bits per heavy atom. The molecular weight excluding hydrogens is 219 g/mol. The van der Waals surface area contributed by atoms with E-state index < -0.39 is 0 Å². The van der Waals surface area contributed by atoms with Crippen LogP contribution in [-0.2, 0) is 6.54 Å². The van der Waals surface area contributed by atoms with Crippen molar-refractivity contribution in [2.75, 3.05) is 6.54 Å². The first-order valence-electron chi connectivity index (χ1n) is 5.09. The Morgan fingerprint density at radius 1 is 1.41 bits per heavy atom. The summed E-state index contributed by atoms with van der Waals surface area (Å²) in [5, 5.41) is 3.99. The van der Waals surface area contributed by atoms with Gasteiger partial charge in [0, 0.05) is 5.56 Å². The molecule has 1 aromatic carbocycles. The number of hydrogen-bond donors (Lipinski definition) is 1. The van der Waals surface area contributed by atoms with Gasteiger partial charge in [0.25, 0.3) is 0 Å². The molecular formula is C12H11FN4. The lowest BCUT2D eigenvalue weighted by molar-refractivity contribution is 0.623. The van der Waals surface area contributed by atoms with E-state index in [0.29, 0.717) is 12.1 Å². The van der Waals surface area contributed by atoms with Crippen molar-refractivity contribution >= 4 is 0 Å². The summed E-state index contributed by atoms with van der Waals surface area (Å²) in [6.07, 6.45) is 3.05. The van der Waals surface area contributed by atoms with Crippen LogP contribution < -0.4 is 5.73 Å². The summed E-state index contributed by atoms with van der Waals surface area (Å²) in [5.74, 6) is 5.26. The van der Waals surface area contributed by atoms with Crippen molar-refractivity contribution in [3.63, 3.8) is 0 Å². The van der Waals surface area contributed by atoms with Gasteiger partial charge in [0.1, 0.15) is 18.5 Å². The predicted octanol–water partition coefficient (Wildman–Crippen LogP) is 0.776. The molecule has 2 N–H and O–H groups in total. The van der Waals surface area contributed by atoms with Crippen molar-refractivity contribution in [1.82, 2.24) is 14.8 Å². The Morgan fingerprint density at radius 2 is 2.29 bits per heavy atom. The molecule has 86 valence electrons. The summed E-state index contributed by atoms with van der Waals surface area (Å²) in [7, 11) is 0. The number of rotatable bonds is 2. The first-order valence-corrected chi connectivity index (χ1v) is 5.09. The fraction of sp³-hybridized carbons (Fsp3) is 0.167. The number of benzene rings is 1. The summed E-state index contributed by atoms with van der Waals surface area (Å²) < 4.78 is 14.8. The molecule has 0 saturated carbocycles. The van der Waals surface area contributed by atoms with E-state index in [4.69, 9.17) is 5.73 Å². The van der Waals surface area contributed by atoms with Crippen LogP contribution in [0.5, 0.6) is 0 Å². The number of nitrogens with two attached hydrogens (primary N) is 1. The van der Waals surface area contributed by atoms with Crippen LogP contribution in [0.1, 0.15) is 11.1 Å². The summed E-state index contributed by atoms with van der Waals surface area (Å²) in [6, 6.07) is 4.49. The number of hydrogen-bond acceptors (Lipinski definition) is 3. The minimum Gasteiger partial charge on any atom is -0.320 e. The normalized spacial score (nSPS) is 9.76. The van der Waals surface area contributed by atoms with Crippen LogP contribution in [-0.4, -0.2) is 21.3 Å². The van der Waals surface area contributed by atoms with Gasteiger partial charge in [-0.25, -0.2) is 14.1 Å². The van der Waals surface area contributed by atoms with E-state index in [9.17, 15) is 4.39 Å². The largest absolute Gasteiger partial charge is 0.320 e. The fourth-order valence-electron chi connectivity index (χ4n) is 1.44. The van der Waals surface area contributed by atoms with Crippen molar-refractivity contribution in [2.45, 2.75) is 6.54 Å². The molecule has 2 aromatic rings. The highest BCUT2D eigenvalue weighted by atomic mass is 19.1. The van der Waals surface area contributed by atoms with Gasteiger partial charge in [-0.1, -0.05) is 17.9 Å². The number of nitrogens with zero attached hydrogens (tertiary/aromatic N) is 3. The Labute approximate surface area is 98.3 Å². The van der Waals surface area contributed by atoms with Gasteiger partial charge in [0.15, 0.2) is 0 Å². The summed E-state index contributed by atoms with van der Waals surface area (Å²) in [6.45, 7) is 0.758. The van der Waals surface area contributed by atoms with Crippen LogP contribution in [0.25, 0.3) is 0 Å². The van der Waals surface area contributed by atoms with Crippen LogP contribution >= 0.6 is 0 Å². The maximum absolute atomic E-state index is 13.1. The Balaban J connectivity index is 2.32. The molecule has 0 unspecified atom stereocenters. The SMILES string of the molecule is NCC#Cc1cc(F)ccc1Cn1cncn1. The van der Waals surface area contributed by atoms with Gasteiger partial charge >= 0.3 is 0 Å². The molecule has 0 amide bonds. The summed E-state index contributed by atoms with van der Waals surface area (Å²) >= 11 is 0. The van der Waals surface area contributed by atoms with Crippen LogP contribution in [0.3, 0.4) is 0 Å². The zero-order chi connectivity index (χ0) is 12.1. The molecule has 0 saturated heterocycles. The standard InChI is InChI=1S/C12H11FN4/c13-12-4-3-11(7-17-9-15-8-16-17)10(6-12)2-1-5-14/h3-4,6,8-9H,5,7,14H2. The number of halogens is 1. The Kier molecular flexibility index (Phi) is 3.48. The zero-order valence-corrected chi connectivity index (χ0v) is 9.10. The third kappa shape index (κ3) is 2.89. The third-order valence-electron chi connectivity index (χ3n) is 2.20. The van der Waals surface area contributed by atoms with Crippen molar-refractivity contribution in [3.05, 3.63) is 47.8 Å². The molecule has 0 aliphatic rings. The van der Waals surface area contributed by atoms with Crippen molar-refractivity contribution in [3.8, 4) is 11.8 Å². The minimum atomic E-state index is -0.311. The molecule has 0 spiro atoms. The minimum absolute atomic E-state index is 0.249. The maximum Gasteiger partial charge on any atom is 0.137 e. The molecule has 5 heteroatoms. The lowest BCUT2D eigenvalue weighted by Gasteiger charge is -2.04. The molecule has 1 aromatic heterocycles. The van der Waals surface area contributed by atoms with E-state index in [1.807, 2.05) is 0 Å². The molecule has 0 radical (unpaired) electrons. The van der Waals surface area contributed by atoms with E-state index in [1.165, 1.54) is 18.5 Å². The highest BCUT2D eigenvalue weighted by Gasteiger charge is 2.03. The fourth-order valence-corrected chi connectivity index (χ4v) is 1.44. The molecule has 2 rings (SSSR count). The van der Waals surface area contributed by atoms with Gasteiger partial charge in [0.05, 0.1) is 13.1 Å². The van der Waals surface area contributed by atoms with Gasteiger partial charge in [-0.3, -0.25) is 0 Å². The van der Waals surface area contributed by atoms with Gasteiger partial charge in [-0.05, 0) is 17.7 Å². The second-order valence-electron chi connectivity index (χ2n) is 3.40. The summed E-state index contributed by atoms with van der Waals surface area (Å²) in [5.41, 5.74) is 6.82. The molecule has 4 nitrogen and oxygen atoms in total. The van der Waals surface area contributed by atoms with Crippen LogP contribution in [0, 0.1) is 17.7 Å². The molecule has 1 heterocycles. The van der Waals surface area contributed by atoms with Crippen molar-refractivity contribution in [2.24, 2.45) is 5.73 Å². The highest BCUT2D eigenvalue weighted by Crippen LogP contribution is 2.11. The van der Waals surface area contributed by atoms with Crippen LogP contribution in [0.2, 0.25) is 0 Å². The summed E-state index contributed by atoms with van der Waals surface area (Å²) in [4.78, 5) is 3.85. The second kappa shape index (κ2) is 5.23. The number of aromatic nitrogens is 3. The van der Waals surface area contributed by atoms with E-state index in [2.05, 4.69) is 21.9 Å². The quantitative estimate of drug-likeness (QED) is 0.775. The van der Waals surface area contributed by atoms with Gasteiger partial charge in [0.2, 0.25) is 0 Å². The highest BCUT2D eigenvalue weighted by molar-refractivity contribution is 5.41. The van der Waals surface area contributed by atoms with E-state index in [0.717, 1.165) is 5.56 Å². The van der Waals surface area contributed by atoms with Gasteiger partial charge < -0.3 is 5.73 Å². The topological polar surface area (TPSA) is 56.7 Å².